The second kappa shape index (κ2) is 7.94. The maximum atomic E-state index is 12.9. The molecule has 3 aromatic rings. The molecule has 1 amide bonds. The molecule has 1 aliphatic rings. The van der Waals surface area contributed by atoms with Gasteiger partial charge in [-0.2, -0.15) is 10.2 Å². The zero-order chi connectivity index (χ0) is 19.5. The number of nitrogens with one attached hydrogen (secondary N) is 2. The van der Waals surface area contributed by atoms with Crippen molar-refractivity contribution in [2.24, 2.45) is 5.92 Å². The highest BCUT2D eigenvalue weighted by atomic mass is 16.5. The van der Waals surface area contributed by atoms with E-state index in [1.807, 2.05) is 43.3 Å². The van der Waals surface area contributed by atoms with E-state index in [-0.39, 0.29) is 5.91 Å². The molecule has 2 N–H and O–H groups in total. The Morgan fingerprint density at radius 3 is 2.93 bits per heavy atom. The van der Waals surface area contributed by atoms with Crippen LogP contribution in [0.4, 0.5) is 5.69 Å². The fourth-order valence-corrected chi connectivity index (χ4v) is 3.74. The van der Waals surface area contributed by atoms with Crippen LogP contribution in [-0.2, 0) is 6.42 Å². The molecule has 1 aromatic heterocycles. The van der Waals surface area contributed by atoms with Crippen molar-refractivity contribution < 1.29 is 9.53 Å². The summed E-state index contributed by atoms with van der Waals surface area (Å²) in [7, 11) is 1.67. The van der Waals surface area contributed by atoms with Crippen molar-refractivity contribution in [3.05, 3.63) is 59.3 Å². The van der Waals surface area contributed by atoms with E-state index in [0.29, 0.717) is 11.5 Å². The molecule has 0 bridgehead atoms. The first-order valence-electron chi connectivity index (χ1n) is 9.56. The number of rotatable bonds is 5. The Kier molecular flexibility index (Phi) is 5.21. The molecular weight excluding hydrogens is 352 g/mol. The fraction of sp³-hybridized carbons (Fsp3) is 0.318. The van der Waals surface area contributed by atoms with Crippen molar-refractivity contribution in [3.8, 4) is 5.75 Å². The zero-order valence-electron chi connectivity index (χ0n) is 16.2. The van der Waals surface area contributed by atoms with Gasteiger partial charge < -0.3 is 15.4 Å². The average molecular weight is 376 g/mol. The monoisotopic (exact) mass is 376 g/mol. The number of aryl methyl sites for hydroxylation is 1. The lowest BCUT2D eigenvalue weighted by molar-refractivity contribution is 0.102. The van der Waals surface area contributed by atoms with E-state index in [1.54, 1.807) is 13.2 Å². The number of fused-ring (bicyclic) bond motifs is 1. The summed E-state index contributed by atoms with van der Waals surface area (Å²) in [5, 5.41) is 15.6. The van der Waals surface area contributed by atoms with E-state index in [4.69, 9.17) is 4.74 Å². The van der Waals surface area contributed by atoms with Crippen molar-refractivity contribution >= 4 is 22.5 Å². The standard InChI is InChI=1S/C22H24N4O2/c1-14-10-18-19(4-3-5-20(18)26-25-14)24-22(27)16-6-7-21(28-2)17(12-16)11-15-8-9-23-13-15/h3-7,10,12,15,23H,8-9,11,13H2,1-2H3,(H,24,27). The van der Waals surface area contributed by atoms with E-state index in [0.717, 1.165) is 59.5 Å². The molecule has 6 heteroatoms. The summed E-state index contributed by atoms with van der Waals surface area (Å²) in [5.41, 5.74) is 4.00. The van der Waals surface area contributed by atoms with Gasteiger partial charge in [-0.15, -0.1) is 0 Å². The van der Waals surface area contributed by atoms with Crippen LogP contribution >= 0.6 is 0 Å². The number of anilines is 1. The predicted octanol–water partition coefficient (Wildman–Crippen LogP) is 3.35. The Labute approximate surface area is 164 Å². The van der Waals surface area contributed by atoms with Gasteiger partial charge in [0.05, 0.1) is 24.0 Å². The summed E-state index contributed by atoms with van der Waals surface area (Å²) in [6, 6.07) is 13.2. The van der Waals surface area contributed by atoms with Gasteiger partial charge in [0, 0.05) is 10.9 Å². The SMILES string of the molecule is COc1ccc(C(=O)Nc2cccc3nnc(C)cc23)cc1CC1CCNC1. The summed E-state index contributed by atoms with van der Waals surface area (Å²) in [6.45, 7) is 3.95. The minimum absolute atomic E-state index is 0.143. The van der Waals surface area contributed by atoms with Crippen LogP contribution < -0.4 is 15.4 Å². The van der Waals surface area contributed by atoms with Crippen LogP contribution in [0, 0.1) is 12.8 Å². The summed E-state index contributed by atoms with van der Waals surface area (Å²) in [6.07, 6.45) is 2.05. The van der Waals surface area contributed by atoms with Gasteiger partial charge in [0.2, 0.25) is 0 Å². The number of carbonyl (C=O) groups is 1. The third kappa shape index (κ3) is 3.82. The number of hydrogen-bond donors (Lipinski definition) is 2. The minimum atomic E-state index is -0.143. The second-order valence-electron chi connectivity index (χ2n) is 7.27. The second-order valence-corrected chi connectivity index (χ2v) is 7.27. The van der Waals surface area contributed by atoms with Gasteiger partial charge in [-0.05, 0) is 80.7 Å². The molecule has 4 rings (SSSR count). The lowest BCUT2D eigenvalue weighted by atomic mass is 9.96. The number of hydrogen-bond acceptors (Lipinski definition) is 5. The first kappa shape index (κ1) is 18.4. The number of amides is 1. The molecule has 1 saturated heterocycles. The summed E-state index contributed by atoms with van der Waals surface area (Å²) < 4.78 is 5.51. The molecule has 0 radical (unpaired) electrons. The van der Waals surface area contributed by atoms with E-state index in [1.165, 1.54) is 0 Å². The third-order valence-electron chi connectivity index (χ3n) is 5.21. The number of methoxy groups -OCH3 is 1. The Morgan fingerprint density at radius 2 is 2.14 bits per heavy atom. The molecule has 1 aliphatic heterocycles. The number of carbonyl (C=O) groups excluding carboxylic acids is 1. The third-order valence-corrected chi connectivity index (χ3v) is 5.21. The van der Waals surface area contributed by atoms with Crippen molar-refractivity contribution in [1.29, 1.82) is 0 Å². The van der Waals surface area contributed by atoms with Crippen molar-refractivity contribution in [2.75, 3.05) is 25.5 Å². The van der Waals surface area contributed by atoms with Gasteiger partial charge >= 0.3 is 0 Å². The largest absolute Gasteiger partial charge is 0.496 e. The van der Waals surface area contributed by atoms with Crippen molar-refractivity contribution in [1.82, 2.24) is 15.5 Å². The van der Waals surface area contributed by atoms with Gasteiger partial charge in [-0.1, -0.05) is 6.07 Å². The normalized spacial score (nSPS) is 16.3. The zero-order valence-corrected chi connectivity index (χ0v) is 16.2. The maximum absolute atomic E-state index is 12.9. The molecule has 6 nitrogen and oxygen atoms in total. The number of benzene rings is 2. The van der Waals surface area contributed by atoms with Crippen LogP contribution in [0.5, 0.6) is 5.75 Å². The van der Waals surface area contributed by atoms with Gasteiger partial charge in [-0.3, -0.25) is 4.79 Å². The fourth-order valence-electron chi connectivity index (χ4n) is 3.74. The topological polar surface area (TPSA) is 76.1 Å². The van der Waals surface area contributed by atoms with Crippen LogP contribution in [-0.4, -0.2) is 36.3 Å². The number of aromatic nitrogens is 2. The van der Waals surface area contributed by atoms with Gasteiger partial charge in [0.25, 0.3) is 5.91 Å². The summed E-state index contributed by atoms with van der Waals surface area (Å²) >= 11 is 0. The molecule has 1 unspecified atom stereocenters. The first-order valence-corrected chi connectivity index (χ1v) is 9.56. The van der Waals surface area contributed by atoms with Gasteiger partial charge in [0.1, 0.15) is 5.75 Å². The van der Waals surface area contributed by atoms with E-state index < -0.39 is 0 Å². The first-order chi connectivity index (χ1) is 13.6. The summed E-state index contributed by atoms with van der Waals surface area (Å²) in [4.78, 5) is 12.9. The Bertz CT molecular complexity index is 1010. The average Bonchev–Trinajstić information content (AvgIpc) is 3.21. The molecule has 0 spiro atoms. The number of nitrogens with zero attached hydrogens (tertiary/aromatic N) is 2. The van der Waals surface area contributed by atoms with E-state index >= 15 is 0 Å². The number of ether oxygens (including phenoxy) is 1. The molecule has 144 valence electrons. The van der Waals surface area contributed by atoms with Gasteiger partial charge in [0.15, 0.2) is 0 Å². The van der Waals surface area contributed by atoms with Crippen LogP contribution in [0.15, 0.2) is 42.5 Å². The van der Waals surface area contributed by atoms with Crippen molar-refractivity contribution in [3.63, 3.8) is 0 Å². The minimum Gasteiger partial charge on any atom is -0.496 e. The van der Waals surface area contributed by atoms with Crippen LogP contribution in [0.2, 0.25) is 0 Å². The highest BCUT2D eigenvalue weighted by molar-refractivity contribution is 6.08. The molecule has 28 heavy (non-hydrogen) atoms. The van der Waals surface area contributed by atoms with Gasteiger partial charge in [-0.25, -0.2) is 0 Å². The smallest absolute Gasteiger partial charge is 0.255 e. The van der Waals surface area contributed by atoms with Crippen LogP contribution in [0.3, 0.4) is 0 Å². The van der Waals surface area contributed by atoms with E-state index in [9.17, 15) is 4.79 Å². The Hall–Kier alpha value is -2.99. The van der Waals surface area contributed by atoms with E-state index in [2.05, 4.69) is 20.8 Å². The predicted molar refractivity (Wildman–Crippen MR) is 110 cm³/mol. The Balaban J connectivity index is 1.60. The van der Waals surface area contributed by atoms with Crippen molar-refractivity contribution in [2.45, 2.75) is 19.8 Å². The lowest BCUT2D eigenvalue weighted by Gasteiger charge is -2.14. The quantitative estimate of drug-likeness (QED) is 0.714. The molecule has 1 fully saturated rings. The molecule has 2 heterocycles. The molecular formula is C22H24N4O2. The van der Waals surface area contributed by atoms with Crippen LogP contribution in [0.1, 0.15) is 28.0 Å². The lowest BCUT2D eigenvalue weighted by Crippen LogP contribution is -2.14. The van der Waals surface area contributed by atoms with Crippen LogP contribution in [0.25, 0.3) is 10.9 Å². The summed E-state index contributed by atoms with van der Waals surface area (Å²) in [5.74, 6) is 1.27. The molecule has 0 saturated carbocycles. The molecule has 2 aromatic carbocycles. The molecule has 1 atom stereocenters. The highest BCUT2D eigenvalue weighted by Gasteiger charge is 2.19. The Morgan fingerprint density at radius 1 is 1.25 bits per heavy atom. The highest BCUT2D eigenvalue weighted by Crippen LogP contribution is 2.27. The maximum Gasteiger partial charge on any atom is 0.255 e. The molecule has 0 aliphatic carbocycles.